The molecule has 116 valence electrons. The summed E-state index contributed by atoms with van der Waals surface area (Å²) in [5.74, 6) is 0.356. The maximum absolute atomic E-state index is 12.5. The Bertz CT molecular complexity index is 703. The molecule has 4 nitrogen and oxygen atoms in total. The van der Waals surface area contributed by atoms with Gasteiger partial charge in [0.1, 0.15) is 11.5 Å². The largest absolute Gasteiger partial charge is 0.507 e. The van der Waals surface area contributed by atoms with Gasteiger partial charge in [-0.3, -0.25) is 4.79 Å². The summed E-state index contributed by atoms with van der Waals surface area (Å²) in [7, 11) is 0. The third-order valence-electron chi connectivity index (χ3n) is 4.64. The molecule has 0 unspecified atom stereocenters. The number of rotatable bonds is 3. The van der Waals surface area contributed by atoms with Crippen LogP contribution in [-0.2, 0) is 0 Å². The van der Waals surface area contributed by atoms with Gasteiger partial charge in [-0.15, -0.1) is 0 Å². The first-order valence-corrected chi connectivity index (χ1v) is 7.78. The van der Waals surface area contributed by atoms with Gasteiger partial charge in [0.15, 0.2) is 5.78 Å². The number of Topliss-reactive ketones (excluding diaryl/α,β-unsaturated/α-hetero) is 1. The van der Waals surface area contributed by atoms with Crippen LogP contribution < -0.4 is 5.73 Å². The number of ketones is 1. The zero-order chi connectivity index (χ0) is 15.7. The van der Waals surface area contributed by atoms with Crippen LogP contribution in [0.5, 0.6) is 11.5 Å². The van der Waals surface area contributed by atoms with Gasteiger partial charge in [-0.05, 0) is 55.2 Å². The van der Waals surface area contributed by atoms with Crippen LogP contribution in [0.25, 0.3) is 10.8 Å². The van der Waals surface area contributed by atoms with Crippen molar-refractivity contribution < 1.29 is 15.0 Å². The minimum atomic E-state index is -0.0634. The fraction of sp³-hybridized carbons (Fsp3) is 0.389. The Kier molecular flexibility index (Phi) is 4.03. The molecule has 0 atom stereocenters. The average molecular weight is 299 g/mol. The Balaban J connectivity index is 1.83. The Morgan fingerprint density at radius 3 is 2.55 bits per heavy atom. The lowest BCUT2D eigenvalue weighted by Crippen LogP contribution is -2.27. The van der Waals surface area contributed by atoms with E-state index in [9.17, 15) is 15.0 Å². The molecule has 4 heteroatoms. The van der Waals surface area contributed by atoms with E-state index in [-0.39, 0.29) is 23.3 Å². The number of fused-ring (bicyclic) bond motifs is 1. The number of carbonyl (C=O) groups excluding carboxylic acids is 1. The van der Waals surface area contributed by atoms with Crippen LogP contribution in [0.4, 0.5) is 0 Å². The highest BCUT2D eigenvalue weighted by atomic mass is 16.3. The number of carbonyl (C=O) groups is 1. The van der Waals surface area contributed by atoms with Crippen molar-refractivity contribution in [2.75, 3.05) is 0 Å². The maximum atomic E-state index is 12.5. The van der Waals surface area contributed by atoms with E-state index in [0.29, 0.717) is 23.3 Å². The highest BCUT2D eigenvalue weighted by Gasteiger charge is 2.23. The first-order valence-electron chi connectivity index (χ1n) is 7.78. The van der Waals surface area contributed by atoms with Crippen LogP contribution in [0.15, 0.2) is 30.3 Å². The predicted octanol–water partition coefficient (Wildman–Crippen LogP) is 3.34. The molecule has 0 heterocycles. The van der Waals surface area contributed by atoms with Crippen LogP contribution in [0, 0.1) is 5.92 Å². The molecule has 0 radical (unpaired) electrons. The molecule has 0 amide bonds. The summed E-state index contributed by atoms with van der Waals surface area (Å²) >= 11 is 0. The first kappa shape index (κ1) is 14.9. The van der Waals surface area contributed by atoms with Crippen molar-refractivity contribution in [2.24, 2.45) is 11.7 Å². The minimum Gasteiger partial charge on any atom is -0.507 e. The van der Waals surface area contributed by atoms with Gasteiger partial charge >= 0.3 is 0 Å². The summed E-state index contributed by atoms with van der Waals surface area (Å²) in [6.45, 7) is 0. The van der Waals surface area contributed by atoms with Crippen molar-refractivity contribution in [3.05, 3.63) is 35.9 Å². The molecule has 22 heavy (non-hydrogen) atoms. The van der Waals surface area contributed by atoms with E-state index in [1.165, 1.54) is 6.07 Å². The molecule has 1 saturated carbocycles. The topological polar surface area (TPSA) is 83.6 Å². The Morgan fingerprint density at radius 1 is 1.09 bits per heavy atom. The molecule has 0 saturated heterocycles. The second-order valence-corrected chi connectivity index (χ2v) is 6.28. The monoisotopic (exact) mass is 299 g/mol. The zero-order valence-corrected chi connectivity index (χ0v) is 12.5. The van der Waals surface area contributed by atoms with E-state index >= 15 is 0 Å². The second-order valence-electron chi connectivity index (χ2n) is 6.28. The standard InChI is InChI=1S/C18H21NO3/c19-13-6-4-11(5-7-13)8-17(21)15-9-12-2-1-3-16(20)14(12)10-18(15)22/h1-3,9-11,13,20,22H,4-8,19H2. The number of nitrogens with two attached hydrogens (primary N) is 1. The third kappa shape index (κ3) is 2.92. The van der Waals surface area contributed by atoms with Crippen molar-refractivity contribution in [2.45, 2.75) is 38.1 Å². The summed E-state index contributed by atoms with van der Waals surface area (Å²) in [5.41, 5.74) is 6.23. The predicted molar refractivity (Wildman–Crippen MR) is 86.2 cm³/mol. The van der Waals surface area contributed by atoms with Gasteiger partial charge in [-0.2, -0.15) is 0 Å². The second kappa shape index (κ2) is 5.97. The number of phenols is 2. The van der Waals surface area contributed by atoms with Crippen molar-refractivity contribution in [1.82, 2.24) is 0 Å². The van der Waals surface area contributed by atoms with E-state index < -0.39 is 0 Å². The quantitative estimate of drug-likeness (QED) is 0.759. The number of phenolic OH excluding ortho intramolecular Hbond substituents is 2. The van der Waals surface area contributed by atoms with E-state index in [4.69, 9.17) is 5.73 Å². The molecule has 0 aromatic heterocycles. The highest BCUT2D eigenvalue weighted by Crippen LogP contribution is 2.33. The van der Waals surface area contributed by atoms with Crippen molar-refractivity contribution in [3.63, 3.8) is 0 Å². The van der Waals surface area contributed by atoms with Gasteiger partial charge in [-0.25, -0.2) is 0 Å². The minimum absolute atomic E-state index is 0.0387. The van der Waals surface area contributed by atoms with Crippen LogP contribution >= 0.6 is 0 Å². The lowest BCUT2D eigenvalue weighted by atomic mass is 9.82. The summed E-state index contributed by atoms with van der Waals surface area (Å²) in [5, 5.41) is 21.2. The van der Waals surface area contributed by atoms with Crippen LogP contribution in [0.3, 0.4) is 0 Å². The van der Waals surface area contributed by atoms with Crippen LogP contribution in [-0.4, -0.2) is 22.0 Å². The van der Waals surface area contributed by atoms with Crippen LogP contribution in [0.1, 0.15) is 42.5 Å². The van der Waals surface area contributed by atoms with Gasteiger partial charge in [0.25, 0.3) is 0 Å². The summed E-state index contributed by atoms with van der Waals surface area (Å²) in [6.07, 6.45) is 4.33. The van der Waals surface area contributed by atoms with E-state index in [1.54, 1.807) is 18.2 Å². The fourth-order valence-electron chi connectivity index (χ4n) is 3.29. The molecule has 1 fully saturated rings. The molecular weight excluding hydrogens is 278 g/mol. The Morgan fingerprint density at radius 2 is 1.82 bits per heavy atom. The smallest absolute Gasteiger partial charge is 0.166 e. The lowest BCUT2D eigenvalue weighted by Gasteiger charge is -2.25. The SMILES string of the molecule is NC1CCC(CC(=O)c2cc3cccc(O)c3cc2O)CC1. The molecule has 1 aliphatic rings. The third-order valence-corrected chi connectivity index (χ3v) is 4.64. The van der Waals surface area contributed by atoms with Crippen molar-refractivity contribution >= 4 is 16.6 Å². The summed E-state index contributed by atoms with van der Waals surface area (Å²) in [4.78, 5) is 12.5. The highest BCUT2D eigenvalue weighted by molar-refractivity contribution is 6.03. The zero-order valence-electron chi connectivity index (χ0n) is 12.5. The maximum Gasteiger partial charge on any atom is 0.166 e. The lowest BCUT2D eigenvalue weighted by molar-refractivity contribution is 0.0945. The fourth-order valence-corrected chi connectivity index (χ4v) is 3.29. The molecule has 4 N–H and O–H groups in total. The van der Waals surface area contributed by atoms with Gasteiger partial charge in [0.2, 0.25) is 0 Å². The van der Waals surface area contributed by atoms with E-state index in [1.807, 2.05) is 6.07 Å². The molecular formula is C18H21NO3. The summed E-state index contributed by atoms with van der Waals surface area (Å²) in [6, 6.07) is 8.52. The van der Waals surface area contributed by atoms with Crippen molar-refractivity contribution in [3.8, 4) is 11.5 Å². The molecule has 0 spiro atoms. The van der Waals surface area contributed by atoms with E-state index in [2.05, 4.69) is 0 Å². The number of aromatic hydroxyl groups is 2. The number of hydrogen-bond donors (Lipinski definition) is 3. The van der Waals surface area contributed by atoms with Crippen molar-refractivity contribution in [1.29, 1.82) is 0 Å². The number of hydrogen-bond acceptors (Lipinski definition) is 4. The molecule has 0 aliphatic heterocycles. The Hall–Kier alpha value is -2.07. The van der Waals surface area contributed by atoms with Crippen LogP contribution in [0.2, 0.25) is 0 Å². The van der Waals surface area contributed by atoms with Gasteiger partial charge in [0, 0.05) is 17.8 Å². The molecule has 2 aromatic carbocycles. The summed E-state index contributed by atoms with van der Waals surface area (Å²) < 4.78 is 0. The first-order chi connectivity index (χ1) is 10.5. The normalized spacial score (nSPS) is 21.9. The van der Waals surface area contributed by atoms with Gasteiger partial charge in [0.05, 0.1) is 5.56 Å². The number of benzene rings is 2. The molecule has 0 bridgehead atoms. The van der Waals surface area contributed by atoms with Gasteiger partial charge < -0.3 is 15.9 Å². The molecule has 1 aliphatic carbocycles. The average Bonchev–Trinajstić information content (AvgIpc) is 2.50. The molecule has 2 aromatic rings. The van der Waals surface area contributed by atoms with E-state index in [0.717, 1.165) is 31.1 Å². The van der Waals surface area contributed by atoms with Gasteiger partial charge in [-0.1, -0.05) is 12.1 Å². The molecule has 3 rings (SSSR count). The Labute approximate surface area is 129 Å².